The lowest BCUT2D eigenvalue weighted by Crippen LogP contribution is -2.20. The topological polar surface area (TPSA) is 107 Å². The molecule has 19 heavy (non-hydrogen) atoms. The Kier molecular flexibility index (Phi) is 5.02. The molecule has 0 radical (unpaired) electrons. The van der Waals surface area contributed by atoms with Gasteiger partial charge in [-0.1, -0.05) is 17.7 Å². The smallest absolute Gasteiger partial charge is 0.341 e. The lowest BCUT2D eigenvalue weighted by atomic mass is 10.2. The Morgan fingerprint density at radius 1 is 1.16 bits per heavy atom. The van der Waals surface area contributed by atoms with E-state index in [1.165, 1.54) is 12.1 Å². The van der Waals surface area contributed by atoms with Crippen molar-refractivity contribution in [3.63, 3.8) is 0 Å². The Labute approximate surface area is 109 Å². The molecule has 0 saturated carbocycles. The van der Waals surface area contributed by atoms with E-state index in [2.05, 4.69) is 8.92 Å². The maximum atomic E-state index is 11.6. The minimum absolute atomic E-state index is 0.0934. The highest BCUT2D eigenvalue weighted by atomic mass is 32.2. The van der Waals surface area contributed by atoms with Crippen LogP contribution in [0.3, 0.4) is 0 Å². The molecule has 1 rings (SSSR count). The van der Waals surface area contributed by atoms with E-state index >= 15 is 0 Å². The molecule has 0 saturated heterocycles. The number of carbonyl (C=O) groups is 2. The molecule has 0 unspecified atom stereocenters. The summed E-state index contributed by atoms with van der Waals surface area (Å²) in [5.74, 6) is -2.41. The van der Waals surface area contributed by atoms with Gasteiger partial charge >= 0.3 is 11.9 Å². The van der Waals surface area contributed by atoms with E-state index in [1.54, 1.807) is 19.1 Å². The zero-order chi connectivity index (χ0) is 14.5. The summed E-state index contributed by atoms with van der Waals surface area (Å²) in [5.41, 5.74) is 0.875. The number of aryl methyl sites for hydroxylation is 1. The highest BCUT2D eigenvalue weighted by Crippen LogP contribution is 2.12. The van der Waals surface area contributed by atoms with E-state index in [-0.39, 0.29) is 4.90 Å². The van der Waals surface area contributed by atoms with Crippen molar-refractivity contribution >= 4 is 22.1 Å². The molecule has 0 spiro atoms. The number of carbonyl (C=O) groups excluding carboxylic acids is 1. The third-order valence-corrected chi connectivity index (χ3v) is 3.28. The van der Waals surface area contributed by atoms with Gasteiger partial charge in [0, 0.05) is 0 Å². The number of carboxylic acid groups (broad SMARTS) is 1. The average molecular weight is 288 g/mol. The molecule has 1 N–H and O–H groups in total. The van der Waals surface area contributed by atoms with Crippen molar-refractivity contribution in [3.8, 4) is 0 Å². The van der Waals surface area contributed by atoms with Gasteiger partial charge in [0.2, 0.25) is 0 Å². The first-order valence-corrected chi connectivity index (χ1v) is 6.55. The highest BCUT2D eigenvalue weighted by molar-refractivity contribution is 7.86. The summed E-state index contributed by atoms with van der Waals surface area (Å²) in [7, 11) is -4.06. The van der Waals surface area contributed by atoms with Gasteiger partial charge in [-0.25, -0.2) is 9.59 Å². The maximum absolute atomic E-state index is 11.6. The van der Waals surface area contributed by atoms with Crippen LogP contribution in [0.15, 0.2) is 29.2 Å². The van der Waals surface area contributed by atoms with Crippen LogP contribution in [-0.4, -0.2) is 38.7 Å². The Hall–Kier alpha value is -1.93. The SMILES string of the molecule is Cc1ccc(S(=O)(=O)OCC(=O)OCC(=O)O)cc1. The third kappa shape index (κ3) is 5.06. The van der Waals surface area contributed by atoms with Crippen LogP contribution < -0.4 is 0 Å². The van der Waals surface area contributed by atoms with Crippen molar-refractivity contribution in [1.82, 2.24) is 0 Å². The van der Waals surface area contributed by atoms with E-state index < -0.39 is 35.3 Å². The van der Waals surface area contributed by atoms with Crippen LogP contribution in [0, 0.1) is 6.92 Å². The molecule has 8 heteroatoms. The van der Waals surface area contributed by atoms with Gasteiger partial charge < -0.3 is 9.84 Å². The van der Waals surface area contributed by atoms with E-state index in [1.807, 2.05) is 0 Å². The van der Waals surface area contributed by atoms with Gasteiger partial charge in [-0.15, -0.1) is 0 Å². The van der Waals surface area contributed by atoms with E-state index in [9.17, 15) is 18.0 Å². The summed E-state index contributed by atoms with van der Waals surface area (Å²) < 4.78 is 32.0. The molecule has 104 valence electrons. The molecule has 0 heterocycles. The fraction of sp³-hybridized carbons (Fsp3) is 0.273. The van der Waals surface area contributed by atoms with Gasteiger partial charge in [-0.2, -0.15) is 8.42 Å². The highest BCUT2D eigenvalue weighted by Gasteiger charge is 2.17. The second kappa shape index (κ2) is 6.30. The molecule has 0 atom stereocenters. The van der Waals surface area contributed by atoms with Crippen molar-refractivity contribution in [1.29, 1.82) is 0 Å². The summed E-state index contributed by atoms with van der Waals surface area (Å²) in [6.07, 6.45) is 0. The normalized spacial score (nSPS) is 11.0. The molecule has 0 aliphatic carbocycles. The minimum Gasteiger partial charge on any atom is -0.479 e. The largest absolute Gasteiger partial charge is 0.479 e. The lowest BCUT2D eigenvalue weighted by Gasteiger charge is -2.05. The zero-order valence-corrected chi connectivity index (χ0v) is 10.8. The van der Waals surface area contributed by atoms with E-state index in [0.717, 1.165) is 5.56 Å². The predicted octanol–water partition coefficient (Wildman–Crippen LogP) is 0.328. The van der Waals surface area contributed by atoms with Gasteiger partial charge in [0.25, 0.3) is 10.1 Å². The van der Waals surface area contributed by atoms with Crippen LogP contribution in [0.5, 0.6) is 0 Å². The quantitative estimate of drug-likeness (QED) is 0.593. The third-order valence-electron chi connectivity index (χ3n) is 2.00. The maximum Gasteiger partial charge on any atom is 0.341 e. The van der Waals surface area contributed by atoms with Crippen molar-refractivity contribution < 1.29 is 32.0 Å². The van der Waals surface area contributed by atoms with Gasteiger partial charge in [0.05, 0.1) is 4.90 Å². The average Bonchev–Trinajstić information content (AvgIpc) is 2.34. The first-order valence-electron chi connectivity index (χ1n) is 5.15. The molecule has 0 bridgehead atoms. The van der Waals surface area contributed by atoms with Crippen LogP contribution in [0.4, 0.5) is 0 Å². The van der Waals surface area contributed by atoms with Crippen LogP contribution in [0.25, 0.3) is 0 Å². The number of esters is 1. The standard InChI is InChI=1S/C11H12O7S/c1-8-2-4-9(5-3-8)19(15,16)18-7-11(14)17-6-10(12)13/h2-5H,6-7H2,1H3,(H,12,13). The second-order valence-electron chi connectivity index (χ2n) is 3.58. The molecular formula is C11H12O7S. The second-order valence-corrected chi connectivity index (χ2v) is 5.20. The molecule has 0 amide bonds. The van der Waals surface area contributed by atoms with Gasteiger partial charge in [-0.05, 0) is 19.1 Å². The number of aliphatic carboxylic acids is 1. The Balaban J connectivity index is 2.58. The predicted molar refractivity (Wildman–Crippen MR) is 62.9 cm³/mol. The Bertz CT molecular complexity index is 559. The van der Waals surface area contributed by atoms with Gasteiger partial charge in [0.1, 0.15) is 0 Å². The number of hydrogen-bond donors (Lipinski definition) is 1. The molecule has 0 aromatic heterocycles. The minimum atomic E-state index is -4.06. The van der Waals surface area contributed by atoms with Crippen LogP contribution in [0.2, 0.25) is 0 Å². The summed E-state index contributed by atoms with van der Waals surface area (Å²) in [5, 5.41) is 8.26. The van der Waals surface area contributed by atoms with E-state index in [4.69, 9.17) is 5.11 Å². The first kappa shape index (κ1) is 15.1. The number of benzene rings is 1. The lowest BCUT2D eigenvalue weighted by molar-refractivity contribution is -0.156. The fourth-order valence-corrected chi connectivity index (χ4v) is 1.94. The van der Waals surface area contributed by atoms with Gasteiger partial charge in [-0.3, -0.25) is 4.18 Å². The molecule has 7 nitrogen and oxygen atoms in total. The van der Waals surface area contributed by atoms with Crippen molar-refractivity contribution in [3.05, 3.63) is 29.8 Å². The number of carboxylic acids is 1. The van der Waals surface area contributed by atoms with Crippen LogP contribution >= 0.6 is 0 Å². The monoisotopic (exact) mass is 288 g/mol. The summed E-state index contributed by atoms with van der Waals surface area (Å²) in [6.45, 7) is 0.0801. The zero-order valence-electron chi connectivity index (χ0n) is 10.0. The van der Waals surface area contributed by atoms with Crippen LogP contribution in [-0.2, 0) is 28.6 Å². The Morgan fingerprint density at radius 2 is 1.74 bits per heavy atom. The number of rotatable bonds is 6. The molecule has 0 aliphatic rings. The number of hydrogen-bond acceptors (Lipinski definition) is 6. The van der Waals surface area contributed by atoms with Crippen molar-refractivity contribution in [2.45, 2.75) is 11.8 Å². The molecule has 0 aliphatic heterocycles. The summed E-state index contributed by atoms with van der Waals surface area (Å²) >= 11 is 0. The molecule has 1 aromatic carbocycles. The summed E-state index contributed by atoms with van der Waals surface area (Å²) in [4.78, 5) is 21.0. The molecule has 1 aromatic rings. The van der Waals surface area contributed by atoms with Crippen molar-refractivity contribution in [2.24, 2.45) is 0 Å². The Morgan fingerprint density at radius 3 is 2.26 bits per heavy atom. The van der Waals surface area contributed by atoms with Crippen molar-refractivity contribution in [2.75, 3.05) is 13.2 Å². The molecular weight excluding hydrogens is 276 g/mol. The van der Waals surface area contributed by atoms with Crippen LogP contribution in [0.1, 0.15) is 5.56 Å². The fourth-order valence-electron chi connectivity index (χ4n) is 1.08. The van der Waals surface area contributed by atoms with Gasteiger partial charge in [0.15, 0.2) is 13.2 Å². The number of ether oxygens (including phenoxy) is 1. The molecule has 0 fully saturated rings. The summed E-state index contributed by atoms with van der Waals surface area (Å²) in [6, 6.07) is 5.85. The van der Waals surface area contributed by atoms with E-state index in [0.29, 0.717) is 0 Å². The first-order chi connectivity index (χ1) is 8.81.